The number of nitrogens with zero attached hydrogens (tertiary/aromatic N) is 2. The van der Waals surface area contributed by atoms with Crippen LogP contribution in [0.5, 0.6) is 5.75 Å². The Kier molecular flexibility index (Phi) is 7.42. The summed E-state index contributed by atoms with van der Waals surface area (Å²) >= 11 is 3.51. The number of fused-ring (bicyclic) bond motifs is 1. The molecule has 0 saturated carbocycles. The minimum atomic E-state index is -0.739. The molecule has 0 aromatic heterocycles. The topological polar surface area (TPSA) is 66.9 Å². The standard InChI is InChI=1S/C35H25BrN2O4/c1-23-16-17-24-10-8-9-15-29(24)31(23)22-42-32-19-18-26(36)20-25(32)21-30-33(39)37(27-11-4-2-5-12-27)35(41)38(34(30)40)28-13-6-3-7-14-28/h2-21H,22H2,1H3. The second kappa shape index (κ2) is 11.5. The summed E-state index contributed by atoms with van der Waals surface area (Å²) in [6.45, 7) is 2.33. The number of hydrogen-bond acceptors (Lipinski definition) is 4. The molecule has 1 aliphatic rings. The number of carbonyl (C=O) groups excluding carboxylic acids is 3. The van der Waals surface area contributed by atoms with Crippen molar-refractivity contribution in [2.45, 2.75) is 13.5 Å². The van der Waals surface area contributed by atoms with Crippen LogP contribution in [0.2, 0.25) is 0 Å². The van der Waals surface area contributed by atoms with Crippen molar-refractivity contribution < 1.29 is 19.1 Å². The van der Waals surface area contributed by atoms with E-state index in [2.05, 4.69) is 40.2 Å². The molecule has 42 heavy (non-hydrogen) atoms. The Balaban J connectivity index is 1.42. The number of amides is 4. The first-order chi connectivity index (χ1) is 20.4. The SMILES string of the molecule is Cc1ccc2ccccc2c1COc1ccc(Br)cc1C=C1C(=O)N(c2ccccc2)C(=O)N(c2ccccc2)C1=O. The number of carbonyl (C=O) groups is 3. The zero-order chi connectivity index (χ0) is 29.2. The Hall–Kier alpha value is -5.01. The number of benzene rings is 5. The summed E-state index contributed by atoms with van der Waals surface area (Å²) < 4.78 is 7.09. The van der Waals surface area contributed by atoms with Gasteiger partial charge in [0.1, 0.15) is 17.9 Å². The van der Waals surface area contributed by atoms with Crippen molar-refractivity contribution in [3.8, 4) is 5.75 Å². The highest BCUT2D eigenvalue weighted by Crippen LogP contribution is 2.33. The fourth-order valence-corrected chi connectivity index (χ4v) is 5.42. The molecule has 7 heteroatoms. The molecule has 0 radical (unpaired) electrons. The maximum atomic E-state index is 13.8. The number of hydrogen-bond donors (Lipinski definition) is 0. The lowest BCUT2D eigenvalue weighted by atomic mass is 10.0. The summed E-state index contributed by atoms with van der Waals surface area (Å²) in [6.07, 6.45) is 1.50. The van der Waals surface area contributed by atoms with Crippen LogP contribution in [0.3, 0.4) is 0 Å². The molecular weight excluding hydrogens is 592 g/mol. The Morgan fingerprint density at radius 3 is 1.95 bits per heavy atom. The average molecular weight is 617 g/mol. The van der Waals surface area contributed by atoms with E-state index in [-0.39, 0.29) is 12.2 Å². The van der Waals surface area contributed by atoms with Gasteiger partial charge in [-0.3, -0.25) is 9.59 Å². The number of halogens is 1. The summed E-state index contributed by atoms with van der Waals surface area (Å²) in [6, 6.07) is 34.1. The summed E-state index contributed by atoms with van der Waals surface area (Å²) in [5, 5.41) is 2.22. The fraction of sp³-hybridized carbons (Fsp3) is 0.0571. The zero-order valence-corrected chi connectivity index (χ0v) is 24.2. The quantitative estimate of drug-likeness (QED) is 0.143. The molecule has 1 aliphatic heterocycles. The number of para-hydroxylation sites is 2. The van der Waals surface area contributed by atoms with E-state index in [9.17, 15) is 14.4 Å². The molecule has 6 nitrogen and oxygen atoms in total. The number of rotatable bonds is 6. The molecule has 0 unspecified atom stereocenters. The van der Waals surface area contributed by atoms with Gasteiger partial charge in [-0.2, -0.15) is 0 Å². The summed E-state index contributed by atoms with van der Waals surface area (Å²) in [5.74, 6) is -0.925. The minimum absolute atomic E-state index is 0.161. The maximum absolute atomic E-state index is 13.8. The van der Waals surface area contributed by atoms with Gasteiger partial charge >= 0.3 is 6.03 Å². The first-order valence-corrected chi connectivity index (χ1v) is 14.2. The van der Waals surface area contributed by atoms with Crippen LogP contribution in [-0.4, -0.2) is 17.8 Å². The van der Waals surface area contributed by atoms with E-state index in [0.29, 0.717) is 22.7 Å². The molecule has 5 aromatic rings. The predicted octanol–water partition coefficient (Wildman–Crippen LogP) is 8.07. The van der Waals surface area contributed by atoms with Gasteiger partial charge in [0.25, 0.3) is 11.8 Å². The number of aryl methyl sites for hydroxylation is 1. The van der Waals surface area contributed by atoms with E-state index in [1.54, 1.807) is 72.8 Å². The van der Waals surface area contributed by atoms with Crippen molar-refractivity contribution in [1.29, 1.82) is 0 Å². The molecule has 1 fully saturated rings. The lowest BCUT2D eigenvalue weighted by Crippen LogP contribution is -2.57. The molecule has 0 aliphatic carbocycles. The minimum Gasteiger partial charge on any atom is -0.488 e. The molecule has 0 bridgehead atoms. The van der Waals surface area contributed by atoms with Crippen LogP contribution < -0.4 is 14.5 Å². The van der Waals surface area contributed by atoms with Gasteiger partial charge in [-0.15, -0.1) is 0 Å². The van der Waals surface area contributed by atoms with E-state index >= 15 is 0 Å². The van der Waals surface area contributed by atoms with Gasteiger partial charge in [-0.1, -0.05) is 88.7 Å². The molecule has 1 heterocycles. The van der Waals surface area contributed by atoms with Gasteiger partial charge < -0.3 is 4.74 Å². The Bertz CT molecular complexity index is 1810. The van der Waals surface area contributed by atoms with E-state index in [1.165, 1.54) is 6.08 Å². The Labute approximate surface area is 251 Å². The molecule has 0 N–H and O–H groups in total. The number of ether oxygens (including phenoxy) is 1. The van der Waals surface area contributed by atoms with Crippen molar-refractivity contribution >= 4 is 62.0 Å². The van der Waals surface area contributed by atoms with Crippen LogP contribution in [0, 0.1) is 6.92 Å². The van der Waals surface area contributed by atoms with Gasteiger partial charge in [0.05, 0.1) is 11.4 Å². The molecule has 4 amide bonds. The van der Waals surface area contributed by atoms with Crippen LogP contribution >= 0.6 is 15.9 Å². The smallest absolute Gasteiger partial charge is 0.343 e. The zero-order valence-electron chi connectivity index (χ0n) is 22.7. The third kappa shape index (κ3) is 5.10. The van der Waals surface area contributed by atoms with E-state index in [0.717, 1.165) is 36.2 Å². The van der Waals surface area contributed by atoms with Gasteiger partial charge in [0.15, 0.2) is 0 Å². The lowest BCUT2D eigenvalue weighted by molar-refractivity contribution is -0.121. The number of urea groups is 1. The molecule has 1 saturated heterocycles. The molecular formula is C35H25BrN2O4. The van der Waals surface area contributed by atoms with Crippen LogP contribution in [0.25, 0.3) is 16.8 Å². The predicted molar refractivity (Wildman–Crippen MR) is 168 cm³/mol. The fourth-order valence-electron chi connectivity index (χ4n) is 5.04. The van der Waals surface area contributed by atoms with Gasteiger partial charge in [0, 0.05) is 15.6 Å². The highest BCUT2D eigenvalue weighted by molar-refractivity contribution is 9.10. The second-order valence-electron chi connectivity index (χ2n) is 9.85. The number of barbiturate groups is 1. The second-order valence-corrected chi connectivity index (χ2v) is 10.8. The van der Waals surface area contributed by atoms with E-state index < -0.39 is 17.8 Å². The molecule has 206 valence electrons. The normalized spacial score (nSPS) is 13.6. The first-order valence-electron chi connectivity index (χ1n) is 13.4. The van der Waals surface area contributed by atoms with Crippen molar-refractivity contribution in [2.24, 2.45) is 0 Å². The average Bonchev–Trinajstić information content (AvgIpc) is 3.01. The molecule has 6 rings (SSSR count). The van der Waals surface area contributed by atoms with E-state index in [4.69, 9.17) is 4.74 Å². The largest absolute Gasteiger partial charge is 0.488 e. The van der Waals surface area contributed by atoms with Crippen LogP contribution in [-0.2, 0) is 16.2 Å². The molecule has 5 aromatic carbocycles. The number of imide groups is 2. The van der Waals surface area contributed by atoms with Crippen LogP contribution in [0.15, 0.2) is 125 Å². The summed E-state index contributed by atoms with van der Waals surface area (Å²) in [5.41, 5.74) is 3.24. The van der Waals surface area contributed by atoms with Gasteiger partial charge in [0.2, 0.25) is 0 Å². The van der Waals surface area contributed by atoms with Crippen molar-refractivity contribution in [3.05, 3.63) is 142 Å². The molecule has 0 atom stereocenters. The first kappa shape index (κ1) is 27.2. The van der Waals surface area contributed by atoms with Crippen molar-refractivity contribution in [2.75, 3.05) is 9.80 Å². The van der Waals surface area contributed by atoms with E-state index in [1.807, 2.05) is 25.1 Å². The molecule has 0 spiro atoms. The highest BCUT2D eigenvalue weighted by Gasteiger charge is 2.43. The van der Waals surface area contributed by atoms with Gasteiger partial charge in [-0.25, -0.2) is 14.6 Å². The maximum Gasteiger partial charge on any atom is 0.343 e. The van der Waals surface area contributed by atoms with Gasteiger partial charge in [-0.05, 0) is 71.8 Å². The number of anilines is 2. The summed E-state index contributed by atoms with van der Waals surface area (Å²) in [7, 11) is 0. The Morgan fingerprint density at radius 1 is 0.714 bits per heavy atom. The lowest BCUT2D eigenvalue weighted by Gasteiger charge is -2.34. The third-order valence-electron chi connectivity index (χ3n) is 7.20. The third-order valence-corrected chi connectivity index (χ3v) is 7.69. The van der Waals surface area contributed by atoms with Crippen molar-refractivity contribution in [3.63, 3.8) is 0 Å². The monoisotopic (exact) mass is 616 g/mol. The summed E-state index contributed by atoms with van der Waals surface area (Å²) in [4.78, 5) is 43.3. The van der Waals surface area contributed by atoms with Crippen LogP contribution in [0.4, 0.5) is 16.2 Å². The van der Waals surface area contributed by atoms with Crippen LogP contribution in [0.1, 0.15) is 16.7 Å². The Morgan fingerprint density at radius 2 is 1.31 bits per heavy atom. The van der Waals surface area contributed by atoms with Crippen molar-refractivity contribution in [1.82, 2.24) is 0 Å². The highest BCUT2D eigenvalue weighted by atomic mass is 79.9.